The zero-order chi connectivity index (χ0) is 19.3. The Morgan fingerprint density at radius 2 is 1.64 bits per heavy atom. The second kappa shape index (κ2) is 7.84. The number of para-hydroxylation sites is 1. The molecule has 1 aliphatic rings. The highest BCUT2D eigenvalue weighted by Crippen LogP contribution is 2.32. The Morgan fingerprint density at radius 1 is 0.893 bits per heavy atom. The van der Waals surface area contributed by atoms with Gasteiger partial charge in [0.25, 0.3) is 5.91 Å². The smallest absolute Gasteiger partial charge is 0.338 e. The lowest BCUT2D eigenvalue weighted by molar-refractivity contribution is -0.119. The minimum Gasteiger partial charge on any atom is -0.454 e. The molecule has 0 bridgehead atoms. The van der Waals surface area contributed by atoms with Crippen molar-refractivity contribution in [2.45, 2.75) is 0 Å². The van der Waals surface area contributed by atoms with E-state index in [0.29, 0.717) is 22.7 Å². The Balaban J connectivity index is 1.40. The number of amides is 1. The summed E-state index contributed by atoms with van der Waals surface area (Å²) in [4.78, 5) is 24.5. The van der Waals surface area contributed by atoms with Gasteiger partial charge in [-0.05, 0) is 29.8 Å². The first-order valence-corrected chi connectivity index (χ1v) is 8.72. The number of fused-ring (bicyclic) bond motifs is 1. The number of carbonyl (C=O) groups excluding carboxylic acids is 2. The summed E-state index contributed by atoms with van der Waals surface area (Å²) in [6, 6.07) is 21.9. The first kappa shape index (κ1) is 17.6. The molecular weight excluding hydrogens is 358 g/mol. The quantitative estimate of drug-likeness (QED) is 0.685. The van der Waals surface area contributed by atoms with Crippen molar-refractivity contribution in [2.75, 3.05) is 18.7 Å². The van der Waals surface area contributed by atoms with Crippen LogP contribution in [0.15, 0.2) is 72.8 Å². The van der Waals surface area contributed by atoms with E-state index in [1.807, 2.05) is 48.5 Å². The number of rotatable bonds is 5. The van der Waals surface area contributed by atoms with Gasteiger partial charge < -0.3 is 19.5 Å². The van der Waals surface area contributed by atoms with Crippen LogP contribution in [0.2, 0.25) is 0 Å². The van der Waals surface area contributed by atoms with E-state index in [-0.39, 0.29) is 6.79 Å². The topological polar surface area (TPSA) is 73.9 Å². The fourth-order valence-corrected chi connectivity index (χ4v) is 2.89. The third-order valence-corrected chi connectivity index (χ3v) is 4.23. The van der Waals surface area contributed by atoms with Gasteiger partial charge in [-0.25, -0.2) is 4.79 Å². The summed E-state index contributed by atoms with van der Waals surface area (Å²) in [5.74, 6) is 0.0322. The zero-order valence-corrected chi connectivity index (χ0v) is 14.9. The van der Waals surface area contributed by atoms with Crippen LogP contribution >= 0.6 is 0 Å². The summed E-state index contributed by atoms with van der Waals surface area (Å²) < 4.78 is 15.6. The third kappa shape index (κ3) is 3.81. The van der Waals surface area contributed by atoms with Gasteiger partial charge in [0.1, 0.15) is 0 Å². The summed E-state index contributed by atoms with van der Waals surface area (Å²) in [6.07, 6.45) is 0. The number of carbonyl (C=O) groups is 2. The Hall–Kier alpha value is -3.80. The average Bonchev–Trinajstić information content (AvgIpc) is 3.21. The van der Waals surface area contributed by atoms with E-state index in [1.54, 1.807) is 18.2 Å². The molecule has 0 atom stereocenters. The van der Waals surface area contributed by atoms with Gasteiger partial charge in [-0.15, -0.1) is 0 Å². The molecule has 3 aromatic rings. The van der Waals surface area contributed by atoms with Crippen LogP contribution in [0.1, 0.15) is 10.4 Å². The van der Waals surface area contributed by atoms with Crippen molar-refractivity contribution < 1.29 is 23.8 Å². The molecule has 1 aliphatic heterocycles. The highest BCUT2D eigenvalue weighted by molar-refractivity contribution is 5.98. The largest absolute Gasteiger partial charge is 0.454 e. The molecule has 6 heteroatoms. The van der Waals surface area contributed by atoms with Crippen LogP contribution in [0.5, 0.6) is 11.5 Å². The molecule has 6 nitrogen and oxygen atoms in total. The number of hydrogen-bond acceptors (Lipinski definition) is 5. The number of esters is 1. The average molecular weight is 375 g/mol. The van der Waals surface area contributed by atoms with E-state index >= 15 is 0 Å². The predicted molar refractivity (Wildman–Crippen MR) is 103 cm³/mol. The monoisotopic (exact) mass is 375 g/mol. The Morgan fingerprint density at radius 3 is 2.50 bits per heavy atom. The molecule has 1 heterocycles. The lowest BCUT2D eigenvalue weighted by Gasteiger charge is -2.11. The van der Waals surface area contributed by atoms with Crippen molar-refractivity contribution in [1.82, 2.24) is 0 Å². The van der Waals surface area contributed by atoms with Crippen LogP contribution in [0.25, 0.3) is 11.1 Å². The Labute approximate surface area is 161 Å². The standard InChI is InChI=1S/C22H17NO5/c24-21(13-26-22(25)16-10-11-19-20(12-16)28-14-27-19)23-18-9-5-4-8-17(18)15-6-2-1-3-7-15/h1-12H,13-14H2,(H,23,24). The highest BCUT2D eigenvalue weighted by atomic mass is 16.7. The van der Waals surface area contributed by atoms with Crippen LogP contribution in [0, 0.1) is 0 Å². The van der Waals surface area contributed by atoms with Crippen LogP contribution in [0.4, 0.5) is 5.69 Å². The first-order chi connectivity index (χ1) is 13.7. The van der Waals surface area contributed by atoms with Crippen molar-refractivity contribution in [2.24, 2.45) is 0 Å². The summed E-state index contributed by atoms with van der Waals surface area (Å²) in [7, 11) is 0. The van der Waals surface area contributed by atoms with Crippen molar-refractivity contribution in [3.05, 3.63) is 78.4 Å². The number of nitrogens with one attached hydrogen (secondary N) is 1. The van der Waals surface area contributed by atoms with Gasteiger partial charge in [-0.1, -0.05) is 48.5 Å². The summed E-state index contributed by atoms with van der Waals surface area (Å²) in [5, 5.41) is 2.80. The van der Waals surface area contributed by atoms with Gasteiger partial charge in [-0.3, -0.25) is 4.79 Å². The fourth-order valence-electron chi connectivity index (χ4n) is 2.89. The number of ether oxygens (including phenoxy) is 3. The van der Waals surface area contributed by atoms with Gasteiger partial charge in [0, 0.05) is 11.3 Å². The molecule has 140 valence electrons. The van der Waals surface area contributed by atoms with Crippen molar-refractivity contribution in [1.29, 1.82) is 0 Å². The highest BCUT2D eigenvalue weighted by Gasteiger charge is 2.18. The van der Waals surface area contributed by atoms with Gasteiger partial charge >= 0.3 is 5.97 Å². The van der Waals surface area contributed by atoms with Crippen molar-refractivity contribution >= 4 is 17.6 Å². The maximum absolute atomic E-state index is 12.3. The molecule has 0 radical (unpaired) electrons. The summed E-state index contributed by atoms with van der Waals surface area (Å²) >= 11 is 0. The Kier molecular flexibility index (Phi) is 4.93. The van der Waals surface area contributed by atoms with Crippen LogP contribution < -0.4 is 14.8 Å². The van der Waals surface area contributed by atoms with Crippen LogP contribution in [0.3, 0.4) is 0 Å². The molecule has 0 aromatic heterocycles. The number of hydrogen-bond donors (Lipinski definition) is 1. The normalized spacial score (nSPS) is 11.7. The first-order valence-electron chi connectivity index (χ1n) is 8.72. The second-order valence-corrected chi connectivity index (χ2v) is 6.10. The number of anilines is 1. The molecule has 0 saturated carbocycles. The molecule has 0 unspecified atom stereocenters. The lowest BCUT2D eigenvalue weighted by Crippen LogP contribution is -2.21. The number of benzene rings is 3. The van der Waals surface area contributed by atoms with E-state index in [0.717, 1.165) is 11.1 Å². The molecular formula is C22H17NO5. The molecule has 4 rings (SSSR count). The summed E-state index contributed by atoms with van der Waals surface area (Å²) in [6.45, 7) is -0.270. The maximum atomic E-state index is 12.3. The molecule has 1 amide bonds. The van der Waals surface area contributed by atoms with Crippen LogP contribution in [-0.4, -0.2) is 25.3 Å². The van der Waals surface area contributed by atoms with Gasteiger partial charge in [0.05, 0.1) is 5.56 Å². The molecule has 28 heavy (non-hydrogen) atoms. The lowest BCUT2D eigenvalue weighted by atomic mass is 10.0. The molecule has 1 N–H and O–H groups in total. The van der Waals surface area contributed by atoms with Crippen molar-refractivity contribution in [3.8, 4) is 22.6 Å². The van der Waals surface area contributed by atoms with Gasteiger partial charge in [0.2, 0.25) is 6.79 Å². The molecule has 0 aliphatic carbocycles. The molecule has 3 aromatic carbocycles. The zero-order valence-electron chi connectivity index (χ0n) is 14.9. The van der Waals surface area contributed by atoms with E-state index in [1.165, 1.54) is 6.07 Å². The van der Waals surface area contributed by atoms with Gasteiger partial charge in [0.15, 0.2) is 18.1 Å². The molecule has 0 spiro atoms. The molecule has 0 fully saturated rings. The summed E-state index contributed by atoms with van der Waals surface area (Å²) in [5.41, 5.74) is 2.81. The molecule has 0 saturated heterocycles. The maximum Gasteiger partial charge on any atom is 0.338 e. The third-order valence-electron chi connectivity index (χ3n) is 4.23. The Bertz CT molecular complexity index is 1020. The van der Waals surface area contributed by atoms with Crippen LogP contribution in [-0.2, 0) is 9.53 Å². The van der Waals surface area contributed by atoms with E-state index in [9.17, 15) is 9.59 Å². The van der Waals surface area contributed by atoms with E-state index in [4.69, 9.17) is 14.2 Å². The van der Waals surface area contributed by atoms with Gasteiger partial charge in [-0.2, -0.15) is 0 Å². The minimum atomic E-state index is -0.607. The van der Waals surface area contributed by atoms with Crippen molar-refractivity contribution in [3.63, 3.8) is 0 Å². The predicted octanol–water partition coefficient (Wildman–Crippen LogP) is 3.88. The minimum absolute atomic E-state index is 0.122. The van der Waals surface area contributed by atoms with E-state index < -0.39 is 18.5 Å². The second-order valence-electron chi connectivity index (χ2n) is 6.10. The fraction of sp³-hybridized carbons (Fsp3) is 0.0909. The van der Waals surface area contributed by atoms with E-state index in [2.05, 4.69) is 5.32 Å². The SMILES string of the molecule is O=C(COC(=O)c1ccc2c(c1)OCO2)Nc1ccccc1-c1ccccc1.